The van der Waals surface area contributed by atoms with Crippen molar-refractivity contribution in [2.24, 2.45) is 5.92 Å². The second kappa shape index (κ2) is 9.96. The minimum atomic E-state index is 0.213. The molecule has 80 valence electrons. The van der Waals surface area contributed by atoms with Crippen molar-refractivity contribution >= 4 is 0 Å². The predicted molar refractivity (Wildman–Crippen MR) is 52.4 cm³/mol. The Morgan fingerprint density at radius 1 is 0.615 bits per heavy atom. The molecular weight excluding hydrogens is 168 g/mol. The third-order valence-corrected chi connectivity index (χ3v) is 2.35. The van der Waals surface area contributed by atoms with Crippen LogP contribution in [0.2, 0.25) is 0 Å². The van der Waals surface area contributed by atoms with Gasteiger partial charge in [-0.1, -0.05) is 19.3 Å². The van der Waals surface area contributed by atoms with E-state index in [-0.39, 0.29) is 19.8 Å². The van der Waals surface area contributed by atoms with E-state index in [1.54, 1.807) is 0 Å². The highest BCUT2D eigenvalue weighted by Crippen LogP contribution is 2.16. The first-order valence-corrected chi connectivity index (χ1v) is 5.17. The van der Waals surface area contributed by atoms with Crippen LogP contribution in [0.15, 0.2) is 0 Å². The van der Waals surface area contributed by atoms with Crippen LogP contribution in [-0.2, 0) is 0 Å². The fourth-order valence-corrected chi connectivity index (χ4v) is 1.52. The molecular formula is C10H22O3. The minimum Gasteiger partial charge on any atom is -0.396 e. The molecule has 0 bridgehead atoms. The van der Waals surface area contributed by atoms with E-state index in [0.29, 0.717) is 5.92 Å². The summed E-state index contributed by atoms with van der Waals surface area (Å²) in [5, 5.41) is 26.0. The molecule has 3 nitrogen and oxygen atoms in total. The van der Waals surface area contributed by atoms with Crippen LogP contribution in [0.4, 0.5) is 0 Å². The highest BCUT2D eigenvalue weighted by atomic mass is 16.3. The van der Waals surface area contributed by atoms with Crippen molar-refractivity contribution in [3.63, 3.8) is 0 Å². The average Bonchev–Trinajstić information content (AvgIpc) is 2.13. The van der Waals surface area contributed by atoms with E-state index >= 15 is 0 Å². The summed E-state index contributed by atoms with van der Waals surface area (Å²) in [5.74, 6) is 0.452. The monoisotopic (exact) mass is 190 g/mol. The lowest BCUT2D eigenvalue weighted by Gasteiger charge is -2.13. The fourth-order valence-electron chi connectivity index (χ4n) is 1.52. The standard InChI is InChI=1S/C10H22O3/c11-7-3-1-2-4-10(5-8-12)6-9-13/h10-13H,1-9H2. The number of hydrogen-bond donors (Lipinski definition) is 3. The van der Waals surface area contributed by atoms with Gasteiger partial charge in [0.15, 0.2) is 0 Å². The van der Waals surface area contributed by atoms with Gasteiger partial charge in [0.25, 0.3) is 0 Å². The highest BCUT2D eigenvalue weighted by Gasteiger charge is 2.06. The maximum atomic E-state index is 8.74. The Morgan fingerprint density at radius 3 is 1.69 bits per heavy atom. The molecule has 0 fully saturated rings. The molecule has 0 unspecified atom stereocenters. The van der Waals surface area contributed by atoms with Gasteiger partial charge in [-0.15, -0.1) is 0 Å². The smallest absolute Gasteiger partial charge is 0.0433 e. The van der Waals surface area contributed by atoms with E-state index in [1.807, 2.05) is 0 Å². The Morgan fingerprint density at radius 2 is 1.23 bits per heavy atom. The van der Waals surface area contributed by atoms with Gasteiger partial charge in [-0.05, 0) is 25.2 Å². The maximum absolute atomic E-state index is 8.74. The van der Waals surface area contributed by atoms with E-state index in [2.05, 4.69) is 0 Å². The molecule has 0 rings (SSSR count). The van der Waals surface area contributed by atoms with E-state index in [0.717, 1.165) is 38.5 Å². The highest BCUT2D eigenvalue weighted by molar-refractivity contribution is 4.58. The van der Waals surface area contributed by atoms with Crippen LogP contribution in [0.5, 0.6) is 0 Å². The average molecular weight is 190 g/mol. The minimum absolute atomic E-state index is 0.213. The molecule has 0 aromatic carbocycles. The van der Waals surface area contributed by atoms with Gasteiger partial charge in [-0.2, -0.15) is 0 Å². The molecule has 0 saturated carbocycles. The molecule has 0 aromatic rings. The van der Waals surface area contributed by atoms with Crippen molar-refractivity contribution in [3.05, 3.63) is 0 Å². The Kier molecular flexibility index (Phi) is 9.87. The van der Waals surface area contributed by atoms with Crippen LogP contribution >= 0.6 is 0 Å². The molecule has 0 aromatic heterocycles. The summed E-state index contributed by atoms with van der Waals surface area (Å²) in [7, 11) is 0. The van der Waals surface area contributed by atoms with Gasteiger partial charge < -0.3 is 15.3 Å². The summed E-state index contributed by atoms with van der Waals surface area (Å²) in [6, 6.07) is 0. The number of aliphatic hydroxyl groups is 3. The molecule has 0 aliphatic rings. The Bertz CT molecular complexity index is 90.2. The lowest BCUT2D eigenvalue weighted by atomic mass is 9.95. The normalized spacial score (nSPS) is 11.1. The second-order valence-corrected chi connectivity index (χ2v) is 3.46. The van der Waals surface area contributed by atoms with Crippen LogP contribution in [-0.4, -0.2) is 35.1 Å². The fraction of sp³-hybridized carbons (Fsp3) is 1.00. The lowest BCUT2D eigenvalue weighted by molar-refractivity contribution is 0.206. The van der Waals surface area contributed by atoms with Crippen molar-refractivity contribution in [2.75, 3.05) is 19.8 Å². The van der Waals surface area contributed by atoms with Gasteiger partial charge in [-0.3, -0.25) is 0 Å². The van der Waals surface area contributed by atoms with Gasteiger partial charge in [0, 0.05) is 19.8 Å². The van der Waals surface area contributed by atoms with Crippen LogP contribution in [0.25, 0.3) is 0 Å². The molecule has 0 amide bonds. The molecule has 13 heavy (non-hydrogen) atoms. The molecule has 0 radical (unpaired) electrons. The molecule has 0 atom stereocenters. The van der Waals surface area contributed by atoms with E-state index < -0.39 is 0 Å². The first-order chi connectivity index (χ1) is 6.35. The van der Waals surface area contributed by atoms with E-state index in [4.69, 9.17) is 15.3 Å². The van der Waals surface area contributed by atoms with Crippen LogP contribution in [0.3, 0.4) is 0 Å². The Balaban J connectivity index is 3.33. The molecule has 0 saturated heterocycles. The second-order valence-electron chi connectivity index (χ2n) is 3.46. The van der Waals surface area contributed by atoms with Gasteiger partial charge in [0.2, 0.25) is 0 Å². The van der Waals surface area contributed by atoms with Crippen molar-refractivity contribution in [1.29, 1.82) is 0 Å². The van der Waals surface area contributed by atoms with E-state index in [1.165, 1.54) is 0 Å². The third-order valence-electron chi connectivity index (χ3n) is 2.35. The quantitative estimate of drug-likeness (QED) is 0.474. The van der Waals surface area contributed by atoms with Crippen LogP contribution < -0.4 is 0 Å². The molecule has 3 heteroatoms. The zero-order valence-electron chi connectivity index (χ0n) is 8.28. The number of unbranched alkanes of at least 4 members (excludes halogenated alkanes) is 2. The summed E-state index contributed by atoms with van der Waals surface area (Å²) in [4.78, 5) is 0. The molecule has 3 N–H and O–H groups in total. The first-order valence-electron chi connectivity index (χ1n) is 5.17. The topological polar surface area (TPSA) is 60.7 Å². The SMILES string of the molecule is OCCCCCC(CCO)CCO. The summed E-state index contributed by atoms with van der Waals surface area (Å²) in [5.41, 5.74) is 0. The van der Waals surface area contributed by atoms with Gasteiger partial charge in [-0.25, -0.2) is 0 Å². The zero-order valence-corrected chi connectivity index (χ0v) is 8.28. The van der Waals surface area contributed by atoms with Gasteiger partial charge in [0.05, 0.1) is 0 Å². The molecule has 0 aliphatic carbocycles. The largest absolute Gasteiger partial charge is 0.396 e. The number of hydrogen-bond acceptors (Lipinski definition) is 3. The third kappa shape index (κ3) is 8.22. The summed E-state index contributed by atoms with van der Waals surface area (Å²) in [6.07, 6.45) is 5.64. The molecule has 0 heterocycles. The molecule has 0 aliphatic heterocycles. The Labute approximate surface area is 80.4 Å². The summed E-state index contributed by atoms with van der Waals surface area (Å²) in [6.45, 7) is 0.694. The van der Waals surface area contributed by atoms with Gasteiger partial charge in [0.1, 0.15) is 0 Å². The Hall–Kier alpha value is -0.120. The first kappa shape index (κ1) is 12.9. The van der Waals surface area contributed by atoms with Crippen molar-refractivity contribution in [2.45, 2.75) is 38.5 Å². The van der Waals surface area contributed by atoms with Crippen LogP contribution in [0, 0.1) is 5.92 Å². The number of rotatable bonds is 9. The maximum Gasteiger partial charge on any atom is 0.0433 e. The summed E-state index contributed by atoms with van der Waals surface area (Å²) < 4.78 is 0. The van der Waals surface area contributed by atoms with E-state index in [9.17, 15) is 0 Å². The predicted octanol–water partition coefficient (Wildman–Crippen LogP) is 0.920. The summed E-state index contributed by atoms with van der Waals surface area (Å²) >= 11 is 0. The van der Waals surface area contributed by atoms with Crippen LogP contribution in [0.1, 0.15) is 38.5 Å². The molecule has 0 spiro atoms. The zero-order chi connectivity index (χ0) is 9.94. The van der Waals surface area contributed by atoms with Crippen molar-refractivity contribution in [1.82, 2.24) is 0 Å². The van der Waals surface area contributed by atoms with Crippen molar-refractivity contribution in [3.8, 4) is 0 Å². The lowest BCUT2D eigenvalue weighted by Crippen LogP contribution is -2.05. The number of aliphatic hydroxyl groups excluding tert-OH is 3. The van der Waals surface area contributed by atoms with Crippen molar-refractivity contribution < 1.29 is 15.3 Å². The van der Waals surface area contributed by atoms with Gasteiger partial charge >= 0.3 is 0 Å².